The molecular weight excluding hydrogens is 713 g/mol. The van der Waals surface area contributed by atoms with Crippen molar-refractivity contribution in [3.8, 4) is 5.75 Å². The van der Waals surface area contributed by atoms with Gasteiger partial charge in [-0.3, -0.25) is 39.0 Å². The summed E-state index contributed by atoms with van der Waals surface area (Å²) in [6, 6.07) is 19.8. The van der Waals surface area contributed by atoms with E-state index in [1.165, 1.54) is 17.3 Å². The van der Waals surface area contributed by atoms with Crippen molar-refractivity contribution in [3.63, 3.8) is 0 Å². The van der Waals surface area contributed by atoms with E-state index in [4.69, 9.17) is 0 Å². The Kier molecular flexibility index (Phi) is 11.8. The quantitative estimate of drug-likeness (QED) is 0.0663. The first-order valence-corrected chi connectivity index (χ1v) is 19.6. The Morgan fingerprint density at radius 2 is 1.64 bits per heavy atom. The normalized spacial score (nSPS) is 20.2. The van der Waals surface area contributed by atoms with Crippen LogP contribution in [0.25, 0.3) is 0 Å². The van der Waals surface area contributed by atoms with E-state index in [0.29, 0.717) is 37.2 Å². The average Bonchev–Trinajstić information content (AvgIpc) is 3.87. The van der Waals surface area contributed by atoms with E-state index in [2.05, 4.69) is 50.0 Å². The van der Waals surface area contributed by atoms with Gasteiger partial charge in [-0.2, -0.15) is 0 Å². The van der Waals surface area contributed by atoms with Crippen molar-refractivity contribution < 1.29 is 33.9 Å². The van der Waals surface area contributed by atoms with Gasteiger partial charge in [0.05, 0.1) is 16.7 Å². The predicted octanol–water partition coefficient (Wildman–Crippen LogP) is 4.56. The molecule has 292 valence electrons. The van der Waals surface area contributed by atoms with Gasteiger partial charge in [0.1, 0.15) is 11.8 Å². The van der Waals surface area contributed by atoms with Gasteiger partial charge in [0.15, 0.2) is 5.78 Å². The molecule has 4 aliphatic heterocycles. The van der Waals surface area contributed by atoms with Crippen LogP contribution in [-0.4, -0.2) is 94.5 Å². The number of phenols is 1. The van der Waals surface area contributed by atoms with Gasteiger partial charge in [-0.25, -0.2) is 0 Å². The number of carbonyl (C=O) groups is 6. The number of nitrogens with one attached hydrogen (secondary N) is 3. The molecule has 2 bridgehead atoms. The summed E-state index contributed by atoms with van der Waals surface area (Å²) < 4.78 is 0. The van der Waals surface area contributed by atoms with Gasteiger partial charge in [-0.05, 0) is 80.1 Å². The molecule has 0 radical (unpaired) electrons. The molecule has 5 amide bonds. The Morgan fingerprint density at radius 1 is 0.839 bits per heavy atom. The molecule has 1 unspecified atom stereocenters. The number of piperazine rings is 1. The van der Waals surface area contributed by atoms with E-state index in [-0.39, 0.29) is 41.4 Å². The maximum Gasteiger partial charge on any atom is 0.262 e. The van der Waals surface area contributed by atoms with Crippen LogP contribution >= 0.6 is 0 Å². The van der Waals surface area contributed by atoms with Gasteiger partial charge < -0.3 is 25.5 Å². The number of para-hydroxylation sites is 1. The van der Waals surface area contributed by atoms with Gasteiger partial charge in [0.25, 0.3) is 11.8 Å². The highest BCUT2D eigenvalue weighted by Crippen LogP contribution is 2.35. The van der Waals surface area contributed by atoms with Gasteiger partial charge in [-0.15, -0.1) is 0 Å². The van der Waals surface area contributed by atoms with Crippen LogP contribution in [0.4, 0.5) is 11.4 Å². The topological polar surface area (TPSA) is 168 Å². The molecule has 7 rings (SSSR count). The molecule has 13 nitrogen and oxygen atoms in total. The largest absolute Gasteiger partial charge is 0.507 e. The lowest BCUT2D eigenvalue weighted by Gasteiger charge is -2.35. The van der Waals surface area contributed by atoms with Crippen LogP contribution in [0.2, 0.25) is 0 Å². The van der Waals surface area contributed by atoms with Crippen LogP contribution in [0.3, 0.4) is 0 Å². The lowest BCUT2D eigenvalue weighted by atomic mass is 10.0. The molecule has 4 aliphatic rings. The number of ketones is 1. The Bertz CT molecular complexity index is 2050. The SMILES string of the molecule is O=C(CCCCCCCNc1ccc2c(c1)C(=O)N(C1CCC(=O)NC1=O)C2=O)NCCc1cccc(N2C[C@H]3C[C@@H]2CN3/C=C/C(=O)c2ccccc2O)c1. The van der Waals surface area contributed by atoms with Crippen LogP contribution in [0, 0.1) is 0 Å². The van der Waals surface area contributed by atoms with Crippen molar-refractivity contribution >= 4 is 46.7 Å². The molecule has 3 aromatic carbocycles. The number of hydrogen-bond donors (Lipinski definition) is 4. The van der Waals surface area contributed by atoms with E-state index in [1.807, 2.05) is 6.20 Å². The number of hydrogen-bond acceptors (Lipinski definition) is 10. The second-order valence-electron chi connectivity index (χ2n) is 15.0. The fraction of sp³-hybridized carbons (Fsp3) is 0.395. The van der Waals surface area contributed by atoms with Crippen molar-refractivity contribution in [2.24, 2.45) is 0 Å². The third-order valence-electron chi connectivity index (χ3n) is 11.2. The third kappa shape index (κ3) is 8.61. The number of phenolic OH excluding ortho intramolecular Hbond substituents is 1. The number of aromatic hydroxyl groups is 1. The Balaban J connectivity index is 0.750. The standard InChI is InChI=1S/C43H48N6O7/c50-37-12-6-5-11-34(37)38(51)19-22-47-26-32-25-31(47)27-48(32)30-10-8-9-28(23-30)18-21-45-39(52)13-4-2-1-3-7-20-44-29-14-15-33-35(24-29)43(56)49(42(33)55)36-16-17-40(53)46-41(36)54/h5-6,8-12,14-15,19,22-24,31-32,36,44,50H,1-4,7,13,16-18,20-21,25-27H2,(H,45,52)(H,46,53,54)/b22-19+/t31-,32-,36?/m1/s1. The monoisotopic (exact) mass is 760 g/mol. The minimum absolute atomic E-state index is 0.00776. The van der Waals surface area contributed by atoms with E-state index in [1.54, 1.807) is 42.5 Å². The first-order chi connectivity index (χ1) is 27.2. The van der Waals surface area contributed by atoms with E-state index in [9.17, 15) is 33.9 Å². The van der Waals surface area contributed by atoms with Gasteiger partial charge >= 0.3 is 0 Å². The van der Waals surface area contributed by atoms with Gasteiger partial charge in [0, 0.05) is 74.8 Å². The number of unbranched alkanes of at least 4 members (excludes halogenated alkanes) is 4. The van der Waals surface area contributed by atoms with Crippen LogP contribution in [0.1, 0.15) is 94.4 Å². The second kappa shape index (κ2) is 17.2. The zero-order valence-corrected chi connectivity index (χ0v) is 31.4. The number of likely N-dealkylation sites (tertiary alicyclic amines) is 1. The molecular formula is C43H48N6O7. The highest BCUT2D eigenvalue weighted by Gasteiger charge is 2.45. The number of fused-ring (bicyclic) bond motifs is 3. The van der Waals surface area contributed by atoms with E-state index < -0.39 is 29.7 Å². The van der Waals surface area contributed by atoms with E-state index >= 15 is 0 Å². The van der Waals surface area contributed by atoms with Crippen molar-refractivity contribution in [2.45, 2.75) is 82.3 Å². The number of rotatable bonds is 17. The van der Waals surface area contributed by atoms with Crippen molar-refractivity contribution in [2.75, 3.05) is 36.4 Å². The molecule has 4 heterocycles. The summed E-state index contributed by atoms with van der Waals surface area (Å²) in [7, 11) is 0. The molecule has 0 aromatic heterocycles. The first kappa shape index (κ1) is 38.3. The highest BCUT2D eigenvalue weighted by atomic mass is 16.3. The number of imide groups is 2. The molecule has 3 fully saturated rings. The van der Waals surface area contributed by atoms with E-state index in [0.717, 1.165) is 68.6 Å². The summed E-state index contributed by atoms with van der Waals surface area (Å²) in [5, 5.41) is 18.6. The fourth-order valence-electron chi connectivity index (χ4n) is 8.21. The summed E-state index contributed by atoms with van der Waals surface area (Å²) in [5.41, 5.74) is 3.91. The number of allylic oxidation sites excluding steroid dienone is 1. The lowest BCUT2D eigenvalue weighted by molar-refractivity contribution is -0.136. The first-order valence-electron chi connectivity index (χ1n) is 19.6. The van der Waals surface area contributed by atoms with Gasteiger partial charge in [-0.1, -0.05) is 43.5 Å². The Hall–Kier alpha value is -5.98. The minimum atomic E-state index is -0.981. The summed E-state index contributed by atoms with van der Waals surface area (Å²) in [6.45, 7) is 3.00. The Labute approximate surface area is 326 Å². The smallest absolute Gasteiger partial charge is 0.262 e. The van der Waals surface area contributed by atoms with Crippen LogP contribution in [-0.2, 0) is 20.8 Å². The Morgan fingerprint density at radius 3 is 2.45 bits per heavy atom. The zero-order valence-electron chi connectivity index (χ0n) is 31.4. The minimum Gasteiger partial charge on any atom is -0.507 e. The molecule has 3 saturated heterocycles. The number of amides is 5. The summed E-state index contributed by atoms with van der Waals surface area (Å²) in [4.78, 5) is 80.5. The maximum atomic E-state index is 13.1. The lowest BCUT2D eigenvalue weighted by Crippen LogP contribution is -2.54. The molecule has 0 spiro atoms. The summed E-state index contributed by atoms with van der Waals surface area (Å²) >= 11 is 0. The molecule has 56 heavy (non-hydrogen) atoms. The second-order valence-corrected chi connectivity index (χ2v) is 15.0. The van der Waals surface area contributed by atoms with Crippen LogP contribution in [0.15, 0.2) is 79.0 Å². The molecule has 3 aromatic rings. The van der Waals surface area contributed by atoms with Crippen molar-refractivity contribution in [3.05, 3.63) is 101 Å². The fourth-order valence-corrected chi connectivity index (χ4v) is 8.21. The van der Waals surface area contributed by atoms with Crippen LogP contribution in [0.5, 0.6) is 5.75 Å². The number of anilines is 2. The molecule has 4 N–H and O–H groups in total. The molecule has 3 atom stereocenters. The summed E-state index contributed by atoms with van der Waals surface area (Å²) in [6.07, 6.45) is 10.6. The predicted molar refractivity (Wildman–Crippen MR) is 210 cm³/mol. The summed E-state index contributed by atoms with van der Waals surface area (Å²) in [5.74, 6) is -2.21. The zero-order chi connectivity index (χ0) is 39.2. The molecule has 0 aliphatic carbocycles. The average molecular weight is 761 g/mol. The number of carbonyl (C=O) groups excluding carboxylic acids is 6. The third-order valence-corrected chi connectivity index (χ3v) is 11.2. The van der Waals surface area contributed by atoms with Crippen molar-refractivity contribution in [1.29, 1.82) is 0 Å². The van der Waals surface area contributed by atoms with Crippen LogP contribution < -0.4 is 20.9 Å². The maximum absolute atomic E-state index is 13.1. The number of nitrogens with zero attached hydrogens (tertiary/aromatic N) is 3. The number of piperidine rings is 1. The van der Waals surface area contributed by atoms with Crippen molar-refractivity contribution in [1.82, 2.24) is 20.4 Å². The van der Waals surface area contributed by atoms with Gasteiger partial charge in [0.2, 0.25) is 17.7 Å². The molecule has 0 saturated carbocycles. The number of benzene rings is 3. The highest BCUT2D eigenvalue weighted by molar-refractivity contribution is 6.23. The molecule has 13 heteroatoms.